The molecule has 5 heteroatoms. The van der Waals surface area contributed by atoms with Crippen LogP contribution in [0.3, 0.4) is 0 Å². The number of carbonyl (C=O) groups excluding carboxylic acids is 1. The number of quaternary nitrogens is 1. The Kier molecular flexibility index (Phi) is 5.32. The summed E-state index contributed by atoms with van der Waals surface area (Å²) in [5.41, 5.74) is 2.32. The largest absolute Gasteiger partial charge is 0.360 e. The van der Waals surface area contributed by atoms with Gasteiger partial charge in [0.2, 0.25) is 0 Å². The first-order valence-corrected chi connectivity index (χ1v) is 8.63. The number of carbonyl (C=O) groups is 1. The fraction of sp³-hybridized carbons (Fsp3) is 0.300. The summed E-state index contributed by atoms with van der Waals surface area (Å²) in [4.78, 5) is 16.2. The number of nitrogens with one attached hydrogen (secondary N) is 2. The topological polar surface area (TPSA) is 60.6 Å². The molecule has 0 unspecified atom stereocenters. The molecule has 1 fully saturated rings. The lowest BCUT2D eigenvalue weighted by molar-refractivity contribution is -0.914. The Morgan fingerprint density at radius 3 is 2.44 bits per heavy atom. The van der Waals surface area contributed by atoms with Gasteiger partial charge in [0, 0.05) is 5.69 Å². The average Bonchev–Trinajstić information content (AvgIpc) is 2.68. The van der Waals surface area contributed by atoms with Crippen LogP contribution in [-0.4, -0.2) is 38.1 Å². The van der Waals surface area contributed by atoms with Crippen LogP contribution in [0, 0.1) is 11.3 Å². The van der Waals surface area contributed by atoms with Crippen LogP contribution in [0.25, 0.3) is 0 Å². The van der Waals surface area contributed by atoms with Gasteiger partial charge in [0.15, 0.2) is 6.04 Å². The summed E-state index contributed by atoms with van der Waals surface area (Å²) in [5.74, 6) is -0.0362. The van der Waals surface area contributed by atoms with Crippen LogP contribution in [-0.2, 0) is 4.79 Å². The van der Waals surface area contributed by atoms with Crippen molar-refractivity contribution < 1.29 is 9.69 Å². The van der Waals surface area contributed by atoms with Crippen LogP contribution in [0.15, 0.2) is 54.6 Å². The molecule has 1 saturated heterocycles. The van der Waals surface area contributed by atoms with Gasteiger partial charge in [-0.3, -0.25) is 4.79 Å². The Morgan fingerprint density at radius 1 is 1.12 bits per heavy atom. The van der Waals surface area contributed by atoms with Gasteiger partial charge in [0.1, 0.15) is 6.07 Å². The van der Waals surface area contributed by atoms with Crippen molar-refractivity contribution in [3.8, 4) is 6.07 Å². The van der Waals surface area contributed by atoms with Crippen LogP contribution >= 0.6 is 0 Å². The second-order valence-electron chi connectivity index (χ2n) is 6.35. The normalized spacial score (nSPS) is 16.1. The number of hydrogen-bond donors (Lipinski definition) is 2. The first kappa shape index (κ1) is 17.0. The monoisotopic (exact) mass is 335 g/mol. The van der Waals surface area contributed by atoms with E-state index in [1.807, 2.05) is 19.1 Å². The summed E-state index contributed by atoms with van der Waals surface area (Å²) in [5, 5.41) is 12.0. The Balaban J connectivity index is 1.58. The van der Waals surface area contributed by atoms with Gasteiger partial charge in [-0.15, -0.1) is 0 Å². The Hall–Kier alpha value is -2.84. The minimum absolute atomic E-state index is 0.0362. The van der Waals surface area contributed by atoms with Crippen molar-refractivity contribution in [1.82, 2.24) is 0 Å². The maximum absolute atomic E-state index is 12.6. The summed E-state index contributed by atoms with van der Waals surface area (Å²) in [6, 6.07) is 19.5. The highest BCUT2D eigenvalue weighted by atomic mass is 16.2. The van der Waals surface area contributed by atoms with E-state index in [0.29, 0.717) is 11.3 Å². The van der Waals surface area contributed by atoms with Crippen LogP contribution in [0.5, 0.6) is 0 Å². The Labute approximate surface area is 148 Å². The van der Waals surface area contributed by atoms with E-state index in [1.165, 1.54) is 10.6 Å². The first-order chi connectivity index (χ1) is 12.2. The first-order valence-electron chi connectivity index (χ1n) is 8.63. The molecule has 2 aromatic rings. The van der Waals surface area contributed by atoms with Crippen LogP contribution in [0.4, 0.5) is 11.4 Å². The average molecular weight is 335 g/mol. The number of rotatable bonds is 4. The zero-order valence-corrected chi connectivity index (χ0v) is 14.4. The predicted octanol–water partition coefficient (Wildman–Crippen LogP) is 1.29. The van der Waals surface area contributed by atoms with Gasteiger partial charge in [0.25, 0.3) is 5.91 Å². The quantitative estimate of drug-likeness (QED) is 0.885. The Morgan fingerprint density at radius 2 is 1.76 bits per heavy atom. The number of anilines is 2. The third-order valence-electron chi connectivity index (χ3n) is 4.84. The van der Waals surface area contributed by atoms with Gasteiger partial charge < -0.3 is 15.1 Å². The summed E-state index contributed by atoms with van der Waals surface area (Å²) in [7, 11) is 0. The highest BCUT2D eigenvalue weighted by Gasteiger charge is 2.29. The number of amides is 1. The molecule has 0 bridgehead atoms. The van der Waals surface area contributed by atoms with E-state index in [9.17, 15) is 4.79 Å². The highest BCUT2D eigenvalue weighted by molar-refractivity contribution is 5.94. The second kappa shape index (κ2) is 7.82. The summed E-state index contributed by atoms with van der Waals surface area (Å²) in [6.07, 6.45) is 0. The van der Waals surface area contributed by atoms with Gasteiger partial charge in [-0.05, 0) is 31.2 Å². The van der Waals surface area contributed by atoms with E-state index in [2.05, 4.69) is 40.6 Å². The zero-order chi connectivity index (χ0) is 17.6. The molecule has 5 nitrogen and oxygen atoms in total. The van der Waals surface area contributed by atoms with Crippen LogP contribution in [0.1, 0.15) is 12.5 Å². The summed E-state index contributed by atoms with van der Waals surface area (Å²) in [6.45, 7) is 5.67. The van der Waals surface area contributed by atoms with E-state index in [4.69, 9.17) is 5.26 Å². The number of nitrogens with zero attached hydrogens (tertiary/aromatic N) is 2. The van der Waals surface area contributed by atoms with Crippen molar-refractivity contribution in [3.63, 3.8) is 0 Å². The van der Waals surface area contributed by atoms with Crippen molar-refractivity contribution in [1.29, 1.82) is 5.26 Å². The van der Waals surface area contributed by atoms with Crippen LogP contribution < -0.4 is 15.1 Å². The molecule has 25 heavy (non-hydrogen) atoms. The van der Waals surface area contributed by atoms with Gasteiger partial charge >= 0.3 is 0 Å². The fourth-order valence-corrected chi connectivity index (χ4v) is 3.24. The number of para-hydroxylation sites is 2. The van der Waals surface area contributed by atoms with Crippen LogP contribution in [0.2, 0.25) is 0 Å². The van der Waals surface area contributed by atoms with E-state index in [-0.39, 0.29) is 11.9 Å². The van der Waals surface area contributed by atoms with E-state index in [1.54, 1.807) is 18.2 Å². The lowest BCUT2D eigenvalue weighted by Gasteiger charge is -2.36. The molecule has 3 rings (SSSR count). The maximum atomic E-state index is 12.6. The van der Waals surface area contributed by atoms with Gasteiger partial charge in [-0.2, -0.15) is 5.26 Å². The maximum Gasteiger partial charge on any atom is 0.282 e. The molecule has 1 aliphatic rings. The summed E-state index contributed by atoms with van der Waals surface area (Å²) >= 11 is 0. The molecule has 1 atom stereocenters. The molecule has 0 spiro atoms. The van der Waals surface area contributed by atoms with Crippen molar-refractivity contribution in [2.75, 3.05) is 36.4 Å². The van der Waals surface area contributed by atoms with E-state index < -0.39 is 0 Å². The van der Waals surface area contributed by atoms with Gasteiger partial charge in [-0.25, -0.2) is 0 Å². The predicted molar refractivity (Wildman–Crippen MR) is 98.6 cm³/mol. The molecule has 0 radical (unpaired) electrons. The van der Waals surface area contributed by atoms with Gasteiger partial charge in [-0.1, -0.05) is 30.3 Å². The molecule has 1 aliphatic heterocycles. The fourth-order valence-electron chi connectivity index (χ4n) is 3.24. The number of piperazine rings is 1. The van der Waals surface area contributed by atoms with Crippen molar-refractivity contribution >= 4 is 17.3 Å². The molecule has 128 valence electrons. The molecule has 1 amide bonds. The molecule has 0 saturated carbocycles. The van der Waals surface area contributed by atoms with E-state index >= 15 is 0 Å². The number of nitriles is 1. The standard InChI is InChI=1S/C20H22N4O/c1-16(20(25)22-19-10-6-5-7-17(19)15-21)23-11-13-24(14-12-23)18-8-3-2-4-9-18/h2-10,16H,11-14H2,1H3,(H,22,25)/p+1/t16-/m1/s1. The molecule has 1 heterocycles. The van der Waals surface area contributed by atoms with Gasteiger partial charge in [0.05, 0.1) is 37.4 Å². The molecule has 0 aliphatic carbocycles. The lowest BCUT2D eigenvalue weighted by atomic mass is 10.1. The van der Waals surface area contributed by atoms with Crippen molar-refractivity contribution in [2.45, 2.75) is 13.0 Å². The smallest absolute Gasteiger partial charge is 0.282 e. The molecule has 0 aromatic heterocycles. The number of hydrogen-bond acceptors (Lipinski definition) is 3. The van der Waals surface area contributed by atoms with E-state index in [0.717, 1.165) is 26.2 Å². The third-order valence-corrected chi connectivity index (χ3v) is 4.84. The molecular weight excluding hydrogens is 312 g/mol. The number of benzene rings is 2. The minimum atomic E-state index is -0.148. The third kappa shape index (κ3) is 3.98. The summed E-state index contributed by atoms with van der Waals surface area (Å²) < 4.78 is 0. The van der Waals surface area contributed by atoms with Crippen molar-refractivity contribution in [3.05, 3.63) is 60.2 Å². The van der Waals surface area contributed by atoms with Crippen molar-refractivity contribution in [2.24, 2.45) is 0 Å². The Bertz CT molecular complexity index is 761. The lowest BCUT2D eigenvalue weighted by Crippen LogP contribution is -3.19. The second-order valence-corrected chi connectivity index (χ2v) is 6.35. The zero-order valence-electron chi connectivity index (χ0n) is 14.4. The SMILES string of the molecule is C[C@H](C(=O)Nc1ccccc1C#N)[NH+]1CCN(c2ccccc2)CC1. The molecular formula is C20H23N4O+. The molecule has 2 aromatic carbocycles. The minimum Gasteiger partial charge on any atom is -0.360 e. The molecule has 2 N–H and O–H groups in total. The highest BCUT2D eigenvalue weighted by Crippen LogP contribution is 2.14.